The lowest BCUT2D eigenvalue weighted by Gasteiger charge is -2.04. The summed E-state index contributed by atoms with van der Waals surface area (Å²) in [4.78, 5) is 11.5. The van der Waals surface area contributed by atoms with Crippen LogP contribution in [0.5, 0.6) is 0 Å². The average molecular weight is 282 g/mol. The highest BCUT2D eigenvalue weighted by Gasteiger charge is 2.14. The summed E-state index contributed by atoms with van der Waals surface area (Å²) >= 11 is 14.7. The Labute approximate surface area is 95.2 Å². The third kappa shape index (κ3) is 2.70. The van der Waals surface area contributed by atoms with E-state index < -0.39 is 5.38 Å². The van der Waals surface area contributed by atoms with Gasteiger partial charge in [-0.15, -0.1) is 11.6 Å². The Morgan fingerprint density at radius 3 is 2.62 bits per heavy atom. The van der Waals surface area contributed by atoms with E-state index in [0.29, 0.717) is 15.1 Å². The van der Waals surface area contributed by atoms with E-state index in [1.165, 1.54) is 0 Å². The zero-order valence-electron chi connectivity index (χ0n) is 6.85. The Balaban J connectivity index is 3.09. The molecule has 0 spiro atoms. The predicted octanol–water partition coefficient (Wildman–Crippen LogP) is 3.91. The number of hydrogen-bond acceptors (Lipinski definition) is 1. The molecule has 1 unspecified atom stereocenters. The van der Waals surface area contributed by atoms with Gasteiger partial charge in [-0.05, 0) is 41.1 Å². The van der Waals surface area contributed by atoms with Crippen LogP contribution < -0.4 is 0 Å². The molecule has 0 N–H and O–H groups in total. The maximum atomic E-state index is 11.5. The molecule has 1 nitrogen and oxygen atoms in total. The van der Waals surface area contributed by atoms with Crippen molar-refractivity contribution >= 4 is 44.9 Å². The van der Waals surface area contributed by atoms with Crippen molar-refractivity contribution in [2.24, 2.45) is 0 Å². The number of alkyl halides is 1. The van der Waals surface area contributed by atoms with E-state index in [-0.39, 0.29) is 5.78 Å². The SMILES string of the molecule is CC(Cl)C(=O)c1ccc(Cl)cc1Br. The summed E-state index contributed by atoms with van der Waals surface area (Å²) in [5.74, 6) is -0.106. The first kappa shape index (κ1) is 11.0. The van der Waals surface area contributed by atoms with Gasteiger partial charge in [0.25, 0.3) is 0 Å². The van der Waals surface area contributed by atoms with Crippen molar-refractivity contribution in [3.63, 3.8) is 0 Å². The number of hydrogen-bond donors (Lipinski definition) is 0. The molecule has 1 atom stereocenters. The molecule has 1 aromatic carbocycles. The Bertz CT molecular complexity index is 336. The maximum absolute atomic E-state index is 11.5. The minimum atomic E-state index is -0.516. The Morgan fingerprint density at radius 2 is 2.15 bits per heavy atom. The highest BCUT2D eigenvalue weighted by atomic mass is 79.9. The van der Waals surface area contributed by atoms with Crippen LogP contribution in [0.25, 0.3) is 0 Å². The number of carbonyl (C=O) groups excluding carboxylic acids is 1. The molecular formula is C9H7BrCl2O. The lowest BCUT2D eigenvalue weighted by molar-refractivity contribution is 0.0991. The van der Waals surface area contributed by atoms with E-state index in [4.69, 9.17) is 23.2 Å². The number of halogens is 3. The van der Waals surface area contributed by atoms with Gasteiger partial charge in [-0.3, -0.25) is 4.79 Å². The summed E-state index contributed by atoms with van der Waals surface area (Å²) < 4.78 is 0.678. The topological polar surface area (TPSA) is 17.1 Å². The summed E-state index contributed by atoms with van der Waals surface area (Å²) in [6.45, 7) is 1.64. The number of benzene rings is 1. The smallest absolute Gasteiger partial charge is 0.181 e. The largest absolute Gasteiger partial charge is 0.292 e. The highest BCUT2D eigenvalue weighted by Crippen LogP contribution is 2.23. The second kappa shape index (κ2) is 4.45. The van der Waals surface area contributed by atoms with Gasteiger partial charge in [0.15, 0.2) is 5.78 Å². The maximum Gasteiger partial charge on any atom is 0.181 e. The van der Waals surface area contributed by atoms with Crippen LogP contribution in [-0.2, 0) is 0 Å². The normalized spacial score (nSPS) is 12.6. The molecule has 1 rings (SSSR count). The van der Waals surface area contributed by atoms with Crippen molar-refractivity contribution < 1.29 is 4.79 Å². The summed E-state index contributed by atoms with van der Waals surface area (Å²) in [6, 6.07) is 5.00. The van der Waals surface area contributed by atoms with Gasteiger partial charge < -0.3 is 0 Å². The number of ketones is 1. The summed E-state index contributed by atoms with van der Waals surface area (Å²) in [5, 5.41) is 0.0723. The van der Waals surface area contributed by atoms with Crippen molar-refractivity contribution in [2.45, 2.75) is 12.3 Å². The van der Waals surface area contributed by atoms with Gasteiger partial charge in [-0.25, -0.2) is 0 Å². The minimum Gasteiger partial charge on any atom is -0.292 e. The van der Waals surface area contributed by atoms with Crippen molar-refractivity contribution in [1.82, 2.24) is 0 Å². The fraction of sp³-hybridized carbons (Fsp3) is 0.222. The molecule has 4 heteroatoms. The molecule has 13 heavy (non-hydrogen) atoms. The molecule has 0 aromatic heterocycles. The minimum absolute atomic E-state index is 0.106. The number of carbonyl (C=O) groups is 1. The summed E-state index contributed by atoms with van der Waals surface area (Å²) in [6.07, 6.45) is 0. The van der Waals surface area contributed by atoms with Crippen LogP contribution in [0.3, 0.4) is 0 Å². The standard InChI is InChI=1S/C9H7BrCl2O/c1-5(11)9(13)7-3-2-6(12)4-8(7)10/h2-5H,1H3. The fourth-order valence-corrected chi connectivity index (χ4v) is 1.90. The molecule has 0 heterocycles. The van der Waals surface area contributed by atoms with Gasteiger partial charge >= 0.3 is 0 Å². The van der Waals surface area contributed by atoms with Crippen LogP contribution in [0.1, 0.15) is 17.3 Å². The van der Waals surface area contributed by atoms with Gasteiger partial charge in [0.1, 0.15) is 0 Å². The molecule has 0 saturated heterocycles. The van der Waals surface area contributed by atoms with Gasteiger partial charge in [0.05, 0.1) is 5.38 Å². The first-order valence-corrected chi connectivity index (χ1v) is 5.26. The van der Waals surface area contributed by atoms with Crippen LogP contribution in [0.2, 0.25) is 5.02 Å². The number of rotatable bonds is 2. The zero-order chi connectivity index (χ0) is 10.0. The van der Waals surface area contributed by atoms with E-state index in [0.717, 1.165) is 0 Å². The molecule has 0 amide bonds. The van der Waals surface area contributed by atoms with Crippen LogP contribution in [0.4, 0.5) is 0 Å². The van der Waals surface area contributed by atoms with Gasteiger partial charge in [-0.1, -0.05) is 11.6 Å². The van der Waals surface area contributed by atoms with Crippen molar-refractivity contribution in [1.29, 1.82) is 0 Å². The molecule has 1 aromatic rings. The van der Waals surface area contributed by atoms with Crippen LogP contribution in [0, 0.1) is 0 Å². The Hall–Kier alpha value is -0.0500. The molecular weight excluding hydrogens is 275 g/mol. The molecule has 70 valence electrons. The van der Waals surface area contributed by atoms with Gasteiger partial charge in [-0.2, -0.15) is 0 Å². The fourth-order valence-electron chi connectivity index (χ4n) is 0.904. The van der Waals surface area contributed by atoms with Gasteiger partial charge in [0, 0.05) is 15.1 Å². The second-order valence-corrected chi connectivity index (χ2v) is 4.55. The molecule has 0 radical (unpaired) electrons. The Kier molecular flexibility index (Phi) is 3.77. The molecule has 0 bridgehead atoms. The molecule has 0 aliphatic heterocycles. The molecule has 0 saturated carbocycles. The van der Waals surface area contributed by atoms with Crippen molar-refractivity contribution in [3.8, 4) is 0 Å². The van der Waals surface area contributed by atoms with E-state index in [9.17, 15) is 4.79 Å². The lowest BCUT2D eigenvalue weighted by atomic mass is 10.1. The Morgan fingerprint density at radius 1 is 1.54 bits per heavy atom. The van der Waals surface area contributed by atoms with E-state index in [1.807, 2.05) is 0 Å². The van der Waals surface area contributed by atoms with Crippen LogP contribution in [-0.4, -0.2) is 11.2 Å². The monoisotopic (exact) mass is 280 g/mol. The van der Waals surface area contributed by atoms with E-state index in [2.05, 4.69) is 15.9 Å². The van der Waals surface area contributed by atoms with Crippen molar-refractivity contribution in [2.75, 3.05) is 0 Å². The number of Topliss-reactive ketones (excluding diaryl/α,β-unsaturated/α-hetero) is 1. The summed E-state index contributed by atoms with van der Waals surface area (Å²) in [5.41, 5.74) is 0.562. The quantitative estimate of drug-likeness (QED) is 0.593. The van der Waals surface area contributed by atoms with Crippen molar-refractivity contribution in [3.05, 3.63) is 33.3 Å². The third-order valence-corrected chi connectivity index (χ3v) is 2.65. The first-order chi connectivity index (χ1) is 6.02. The molecule has 0 fully saturated rings. The highest BCUT2D eigenvalue weighted by molar-refractivity contribution is 9.10. The van der Waals surface area contributed by atoms with E-state index >= 15 is 0 Å². The van der Waals surface area contributed by atoms with Gasteiger partial charge in [0.2, 0.25) is 0 Å². The third-order valence-electron chi connectivity index (χ3n) is 1.56. The van der Waals surface area contributed by atoms with E-state index in [1.54, 1.807) is 25.1 Å². The second-order valence-electron chi connectivity index (χ2n) is 2.60. The van der Waals surface area contributed by atoms with Crippen LogP contribution in [0.15, 0.2) is 22.7 Å². The van der Waals surface area contributed by atoms with Crippen LogP contribution >= 0.6 is 39.1 Å². The lowest BCUT2D eigenvalue weighted by Crippen LogP contribution is -2.10. The molecule has 0 aliphatic carbocycles. The zero-order valence-corrected chi connectivity index (χ0v) is 9.95. The molecule has 0 aliphatic rings. The summed E-state index contributed by atoms with van der Waals surface area (Å²) in [7, 11) is 0. The average Bonchev–Trinajstić information content (AvgIpc) is 2.03. The first-order valence-electron chi connectivity index (χ1n) is 3.65. The predicted molar refractivity (Wildman–Crippen MR) is 58.8 cm³/mol.